The zero-order chi connectivity index (χ0) is 16.1. The molecule has 0 saturated carbocycles. The number of aldehydes is 1. The minimum Gasteiger partial charge on any atom is -0.507 e. The predicted molar refractivity (Wildman–Crippen MR) is 84.0 cm³/mol. The summed E-state index contributed by atoms with van der Waals surface area (Å²) in [4.78, 5) is 22.9. The molecule has 2 rings (SSSR count). The molecule has 0 aromatic heterocycles. The first-order chi connectivity index (χ1) is 10.6. The molecule has 112 valence electrons. The minimum atomic E-state index is -0.396. The van der Waals surface area contributed by atoms with E-state index >= 15 is 0 Å². The van der Waals surface area contributed by atoms with Crippen LogP contribution in [0, 0.1) is 0 Å². The maximum atomic E-state index is 12.6. The molecule has 0 heterocycles. The highest BCUT2D eigenvalue weighted by atomic mass is 16.5. The van der Waals surface area contributed by atoms with E-state index in [1.807, 2.05) is 0 Å². The third kappa shape index (κ3) is 3.15. The predicted octanol–water partition coefficient (Wildman–Crippen LogP) is 2.43. The summed E-state index contributed by atoms with van der Waals surface area (Å²) in [5, 5.41) is 9.83. The van der Waals surface area contributed by atoms with E-state index < -0.39 is 5.78 Å². The number of carbonyl (C=O) groups is 2. The number of rotatable bonds is 5. The molecule has 3 N–H and O–H groups in total. The van der Waals surface area contributed by atoms with Crippen molar-refractivity contribution in [3.63, 3.8) is 0 Å². The highest BCUT2D eigenvalue weighted by molar-refractivity contribution is 6.12. The molecule has 0 unspecified atom stereocenters. The van der Waals surface area contributed by atoms with Gasteiger partial charge in [-0.2, -0.15) is 0 Å². The molecule has 5 heteroatoms. The molecule has 0 aliphatic carbocycles. The average molecular weight is 297 g/mol. The second kappa shape index (κ2) is 6.58. The van der Waals surface area contributed by atoms with Crippen molar-refractivity contribution in [2.24, 2.45) is 0 Å². The number of ketones is 1. The number of hydrogen-bond donors (Lipinski definition) is 2. The van der Waals surface area contributed by atoms with Crippen molar-refractivity contribution in [2.45, 2.75) is 0 Å². The number of nitrogen functional groups attached to an aromatic ring is 1. The summed E-state index contributed by atoms with van der Waals surface area (Å²) < 4.78 is 5.22. The lowest BCUT2D eigenvalue weighted by Gasteiger charge is -2.10. The van der Waals surface area contributed by atoms with Crippen molar-refractivity contribution in [3.8, 4) is 11.5 Å². The summed E-state index contributed by atoms with van der Waals surface area (Å²) >= 11 is 0. The van der Waals surface area contributed by atoms with Crippen LogP contribution in [0.3, 0.4) is 0 Å². The Morgan fingerprint density at radius 2 is 1.95 bits per heavy atom. The van der Waals surface area contributed by atoms with Crippen LogP contribution in [0.2, 0.25) is 0 Å². The fourth-order valence-electron chi connectivity index (χ4n) is 2.03. The van der Waals surface area contributed by atoms with Crippen molar-refractivity contribution in [1.82, 2.24) is 0 Å². The lowest BCUT2D eigenvalue weighted by Crippen LogP contribution is -2.05. The Morgan fingerprint density at radius 1 is 1.18 bits per heavy atom. The fraction of sp³-hybridized carbons (Fsp3) is 0.0588. The van der Waals surface area contributed by atoms with Gasteiger partial charge in [0.05, 0.1) is 18.2 Å². The number of nitrogens with two attached hydrogens (primary N) is 1. The Kier molecular flexibility index (Phi) is 4.58. The molecular formula is C17H15NO4. The first kappa shape index (κ1) is 15.3. The lowest BCUT2D eigenvalue weighted by molar-refractivity contribution is -0.104. The molecule has 0 radical (unpaired) electrons. The molecule has 0 bridgehead atoms. The van der Waals surface area contributed by atoms with Gasteiger partial charge in [0.25, 0.3) is 0 Å². The third-order valence-electron chi connectivity index (χ3n) is 3.10. The third-order valence-corrected chi connectivity index (χ3v) is 3.10. The van der Waals surface area contributed by atoms with Gasteiger partial charge in [0, 0.05) is 5.69 Å². The number of aromatic hydroxyl groups is 1. The van der Waals surface area contributed by atoms with E-state index in [1.54, 1.807) is 24.3 Å². The van der Waals surface area contributed by atoms with Crippen LogP contribution in [-0.4, -0.2) is 24.3 Å². The van der Waals surface area contributed by atoms with Crippen molar-refractivity contribution in [1.29, 1.82) is 0 Å². The van der Waals surface area contributed by atoms with E-state index in [1.165, 1.54) is 31.4 Å². The van der Waals surface area contributed by atoms with Gasteiger partial charge >= 0.3 is 0 Å². The molecular weight excluding hydrogens is 282 g/mol. The van der Waals surface area contributed by atoms with E-state index in [0.717, 1.165) is 5.56 Å². The van der Waals surface area contributed by atoms with Crippen LogP contribution in [0.15, 0.2) is 42.5 Å². The van der Waals surface area contributed by atoms with Crippen molar-refractivity contribution in [2.75, 3.05) is 12.8 Å². The van der Waals surface area contributed by atoms with Gasteiger partial charge in [-0.1, -0.05) is 12.1 Å². The lowest BCUT2D eigenvalue weighted by atomic mass is 9.99. The molecule has 5 nitrogen and oxygen atoms in total. The first-order valence-corrected chi connectivity index (χ1v) is 6.50. The molecule has 22 heavy (non-hydrogen) atoms. The Bertz CT molecular complexity index is 750. The van der Waals surface area contributed by atoms with Gasteiger partial charge in [0.2, 0.25) is 5.78 Å². The van der Waals surface area contributed by atoms with Gasteiger partial charge in [0.15, 0.2) is 0 Å². The van der Waals surface area contributed by atoms with Gasteiger partial charge in [-0.3, -0.25) is 9.59 Å². The Morgan fingerprint density at radius 3 is 2.64 bits per heavy atom. The van der Waals surface area contributed by atoms with Gasteiger partial charge < -0.3 is 15.6 Å². The number of benzene rings is 2. The number of carbonyl (C=O) groups excluding carboxylic acids is 2. The van der Waals surface area contributed by atoms with Gasteiger partial charge in [-0.15, -0.1) is 0 Å². The van der Waals surface area contributed by atoms with Gasteiger partial charge in [0.1, 0.15) is 17.8 Å². The van der Waals surface area contributed by atoms with E-state index in [4.69, 9.17) is 10.5 Å². The monoisotopic (exact) mass is 297 g/mol. The highest BCUT2D eigenvalue weighted by Crippen LogP contribution is 2.28. The molecule has 0 atom stereocenters. The second-order valence-electron chi connectivity index (χ2n) is 4.56. The number of hydrogen-bond acceptors (Lipinski definition) is 5. The van der Waals surface area contributed by atoms with Crippen LogP contribution in [0.4, 0.5) is 5.69 Å². The fourth-order valence-corrected chi connectivity index (χ4v) is 2.03. The SMILES string of the molecule is COc1cc(C=CC=O)ccc1C(=O)c1cc(N)ccc1O. The summed E-state index contributed by atoms with van der Waals surface area (Å²) in [7, 11) is 1.44. The highest BCUT2D eigenvalue weighted by Gasteiger charge is 2.18. The summed E-state index contributed by atoms with van der Waals surface area (Å²) in [6.45, 7) is 0. The maximum absolute atomic E-state index is 12.6. The summed E-state index contributed by atoms with van der Waals surface area (Å²) in [6.07, 6.45) is 3.61. The van der Waals surface area contributed by atoms with Crippen LogP contribution >= 0.6 is 0 Å². The molecule has 2 aromatic rings. The van der Waals surface area contributed by atoms with Crippen LogP contribution in [-0.2, 0) is 4.79 Å². The largest absolute Gasteiger partial charge is 0.507 e. The van der Waals surface area contributed by atoms with Crippen molar-refractivity contribution in [3.05, 3.63) is 59.2 Å². The normalized spacial score (nSPS) is 10.6. The molecule has 0 saturated heterocycles. The summed E-state index contributed by atoms with van der Waals surface area (Å²) in [6, 6.07) is 9.19. The maximum Gasteiger partial charge on any atom is 0.200 e. The second-order valence-corrected chi connectivity index (χ2v) is 4.56. The van der Waals surface area contributed by atoms with Crippen molar-refractivity contribution >= 4 is 23.8 Å². The standard InChI is InChI=1S/C17H15NO4/c1-22-16-9-11(3-2-8-19)4-6-13(16)17(21)14-10-12(18)5-7-15(14)20/h2-10,20H,18H2,1H3. The first-order valence-electron chi connectivity index (χ1n) is 6.50. The average Bonchev–Trinajstić information content (AvgIpc) is 2.54. The number of phenols is 1. The summed E-state index contributed by atoms with van der Waals surface area (Å²) in [5.41, 5.74) is 7.16. The Hall–Kier alpha value is -3.08. The van der Waals surface area contributed by atoms with E-state index in [9.17, 15) is 14.7 Å². The van der Waals surface area contributed by atoms with Crippen LogP contribution in [0.25, 0.3) is 6.08 Å². The minimum absolute atomic E-state index is 0.106. The molecule has 0 aliphatic rings. The molecule has 0 aliphatic heterocycles. The molecule has 0 amide bonds. The summed E-state index contributed by atoms with van der Waals surface area (Å²) in [5.74, 6) is -0.196. The van der Waals surface area contributed by atoms with Crippen LogP contribution in [0.5, 0.6) is 11.5 Å². The zero-order valence-corrected chi connectivity index (χ0v) is 11.9. The topological polar surface area (TPSA) is 89.6 Å². The van der Waals surface area contributed by atoms with Gasteiger partial charge in [-0.25, -0.2) is 0 Å². The number of phenolic OH excluding ortho intramolecular Hbond substituents is 1. The zero-order valence-electron chi connectivity index (χ0n) is 11.9. The molecule has 2 aromatic carbocycles. The number of allylic oxidation sites excluding steroid dienone is 1. The van der Waals surface area contributed by atoms with Gasteiger partial charge in [-0.05, 0) is 42.0 Å². The Labute approximate surface area is 127 Å². The van der Waals surface area contributed by atoms with E-state index in [2.05, 4.69) is 0 Å². The van der Waals surface area contributed by atoms with Crippen LogP contribution < -0.4 is 10.5 Å². The number of ether oxygens (including phenoxy) is 1. The molecule has 0 spiro atoms. The number of methoxy groups -OCH3 is 1. The van der Waals surface area contributed by atoms with Crippen molar-refractivity contribution < 1.29 is 19.4 Å². The quantitative estimate of drug-likeness (QED) is 0.291. The van der Waals surface area contributed by atoms with E-state index in [-0.39, 0.29) is 11.3 Å². The Balaban J connectivity index is 2.47. The number of anilines is 1. The molecule has 0 fully saturated rings. The smallest absolute Gasteiger partial charge is 0.200 e. The van der Waals surface area contributed by atoms with Crippen LogP contribution in [0.1, 0.15) is 21.5 Å². The van der Waals surface area contributed by atoms with E-state index in [0.29, 0.717) is 23.3 Å².